The van der Waals surface area contributed by atoms with Gasteiger partial charge >= 0.3 is 0 Å². The van der Waals surface area contributed by atoms with Gasteiger partial charge in [-0.3, -0.25) is 4.79 Å². The number of carbonyl (C=O) groups is 1. The third-order valence-electron chi connectivity index (χ3n) is 6.60. The minimum Gasteiger partial charge on any atom is -0.497 e. The maximum absolute atomic E-state index is 13.4. The highest BCUT2D eigenvalue weighted by Gasteiger charge is 2.39. The Labute approximate surface area is 175 Å². The zero-order valence-corrected chi connectivity index (χ0v) is 17.5. The number of rotatable bonds is 4. The van der Waals surface area contributed by atoms with Crippen LogP contribution in [0.5, 0.6) is 5.75 Å². The second-order valence-corrected chi connectivity index (χ2v) is 8.45. The molecule has 2 aliphatic rings. The molecule has 2 aromatic heterocycles. The van der Waals surface area contributed by atoms with Crippen LogP contribution in [0.15, 0.2) is 34.9 Å². The van der Waals surface area contributed by atoms with E-state index in [1.807, 2.05) is 37.3 Å². The number of aromatic nitrogens is 2. The number of hydrogen-bond donors (Lipinski definition) is 1. The summed E-state index contributed by atoms with van der Waals surface area (Å²) in [6.07, 6.45) is 4.44. The van der Waals surface area contributed by atoms with Crippen molar-refractivity contribution in [2.45, 2.75) is 50.7 Å². The Hall–Kier alpha value is -2.93. The minimum atomic E-state index is -0.0909. The number of pyridine rings is 1. The summed E-state index contributed by atoms with van der Waals surface area (Å²) in [6.45, 7) is 1.86. The zero-order valence-electron chi connectivity index (χ0n) is 17.5. The van der Waals surface area contributed by atoms with Crippen molar-refractivity contribution in [2.75, 3.05) is 14.2 Å². The van der Waals surface area contributed by atoms with Gasteiger partial charge in [0.05, 0.1) is 18.1 Å². The number of carbonyl (C=O) groups excluding carboxylic acids is 1. The van der Waals surface area contributed by atoms with E-state index in [9.17, 15) is 4.79 Å². The van der Waals surface area contributed by atoms with Gasteiger partial charge in [-0.25, -0.2) is 4.98 Å². The van der Waals surface area contributed by atoms with E-state index in [0.717, 1.165) is 29.8 Å². The van der Waals surface area contributed by atoms with Crippen LogP contribution < -0.4 is 10.1 Å². The lowest BCUT2D eigenvalue weighted by atomic mass is 9.97. The molecule has 0 unspecified atom stereocenters. The van der Waals surface area contributed by atoms with Crippen molar-refractivity contribution in [1.29, 1.82) is 0 Å². The Kier molecular flexibility index (Phi) is 4.70. The normalized spacial score (nSPS) is 23.6. The van der Waals surface area contributed by atoms with Crippen LogP contribution in [0.3, 0.4) is 0 Å². The third-order valence-corrected chi connectivity index (χ3v) is 6.60. The Morgan fingerprint density at radius 1 is 1.23 bits per heavy atom. The standard InChI is InChI=1S/C23H26N4O3/c1-13-9-19(22(28)25-15-11-16-7-8-17(12-15)27(16)2)20-21(26-30-23(20)24-13)14-5-4-6-18(10-14)29-3/h4-6,9-10,15-17H,7-8,11-12H2,1-3H3,(H,25,28)/t16-,17-/m1/s1. The molecule has 5 rings (SSSR count). The Bertz CT molecular complexity index is 1100. The zero-order chi connectivity index (χ0) is 20.8. The Morgan fingerprint density at radius 3 is 2.73 bits per heavy atom. The van der Waals surface area contributed by atoms with E-state index in [1.165, 1.54) is 12.8 Å². The molecule has 30 heavy (non-hydrogen) atoms. The molecule has 4 heterocycles. The first-order valence-corrected chi connectivity index (χ1v) is 10.5. The van der Waals surface area contributed by atoms with E-state index in [-0.39, 0.29) is 11.9 Å². The lowest BCUT2D eigenvalue weighted by molar-refractivity contribution is 0.0884. The topological polar surface area (TPSA) is 80.5 Å². The van der Waals surface area contributed by atoms with Gasteiger partial charge in [0, 0.05) is 29.4 Å². The molecule has 2 bridgehead atoms. The van der Waals surface area contributed by atoms with Gasteiger partial charge in [-0.1, -0.05) is 17.3 Å². The van der Waals surface area contributed by atoms with Crippen molar-refractivity contribution < 1.29 is 14.1 Å². The number of nitrogens with one attached hydrogen (secondary N) is 1. The third kappa shape index (κ3) is 3.23. The van der Waals surface area contributed by atoms with Crippen molar-refractivity contribution in [3.8, 4) is 17.0 Å². The van der Waals surface area contributed by atoms with E-state index in [0.29, 0.717) is 34.4 Å². The SMILES string of the molecule is COc1cccc(-c2noc3nc(C)cc(C(=O)NC4C[C@H]5CC[C@H](C4)N5C)c23)c1. The smallest absolute Gasteiger partial charge is 0.259 e. The average Bonchev–Trinajstić information content (AvgIpc) is 3.24. The molecule has 0 aliphatic carbocycles. The lowest BCUT2D eigenvalue weighted by Gasteiger charge is -2.36. The predicted molar refractivity (Wildman–Crippen MR) is 114 cm³/mol. The lowest BCUT2D eigenvalue weighted by Crippen LogP contribution is -2.48. The minimum absolute atomic E-state index is 0.0909. The Morgan fingerprint density at radius 2 is 2.00 bits per heavy atom. The number of fused-ring (bicyclic) bond motifs is 3. The van der Waals surface area contributed by atoms with Gasteiger partial charge in [0.15, 0.2) is 0 Å². The molecule has 1 N–H and O–H groups in total. The number of benzene rings is 1. The maximum Gasteiger partial charge on any atom is 0.259 e. The molecule has 1 amide bonds. The van der Waals surface area contributed by atoms with E-state index < -0.39 is 0 Å². The number of piperidine rings is 1. The molecular formula is C23H26N4O3. The summed E-state index contributed by atoms with van der Waals surface area (Å²) in [6, 6.07) is 10.7. The second kappa shape index (κ2) is 7.40. The highest BCUT2D eigenvalue weighted by Crippen LogP contribution is 2.35. The van der Waals surface area contributed by atoms with Crippen LogP contribution in [0.1, 0.15) is 41.7 Å². The van der Waals surface area contributed by atoms with Gasteiger partial charge in [-0.05, 0) is 57.9 Å². The summed E-state index contributed by atoms with van der Waals surface area (Å²) in [5, 5.41) is 8.16. The summed E-state index contributed by atoms with van der Waals surface area (Å²) < 4.78 is 10.8. The van der Waals surface area contributed by atoms with Crippen LogP contribution in [0.25, 0.3) is 22.4 Å². The Balaban J connectivity index is 1.50. The number of ether oxygens (including phenoxy) is 1. The molecule has 3 aromatic rings. The molecule has 1 aromatic carbocycles. The molecule has 0 saturated carbocycles. The highest BCUT2D eigenvalue weighted by atomic mass is 16.5. The molecule has 7 nitrogen and oxygen atoms in total. The number of methoxy groups -OCH3 is 1. The fourth-order valence-electron chi connectivity index (χ4n) is 5.01. The van der Waals surface area contributed by atoms with Gasteiger partial charge in [0.1, 0.15) is 11.4 Å². The van der Waals surface area contributed by atoms with E-state index in [1.54, 1.807) is 7.11 Å². The number of hydrogen-bond acceptors (Lipinski definition) is 6. The first kappa shape index (κ1) is 19.1. The summed E-state index contributed by atoms with van der Waals surface area (Å²) in [7, 11) is 3.83. The van der Waals surface area contributed by atoms with E-state index in [2.05, 4.69) is 27.4 Å². The molecule has 2 saturated heterocycles. The van der Waals surface area contributed by atoms with Crippen LogP contribution in [0, 0.1) is 6.92 Å². The molecule has 2 atom stereocenters. The van der Waals surface area contributed by atoms with Crippen LogP contribution in [-0.4, -0.2) is 53.2 Å². The van der Waals surface area contributed by atoms with Gasteiger partial charge in [-0.15, -0.1) is 0 Å². The molecule has 2 aliphatic heterocycles. The van der Waals surface area contributed by atoms with Crippen LogP contribution in [-0.2, 0) is 0 Å². The van der Waals surface area contributed by atoms with Crippen LogP contribution >= 0.6 is 0 Å². The van der Waals surface area contributed by atoms with E-state index >= 15 is 0 Å². The molecule has 7 heteroatoms. The van der Waals surface area contributed by atoms with Crippen LogP contribution in [0.4, 0.5) is 0 Å². The van der Waals surface area contributed by atoms with Crippen molar-refractivity contribution in [3.63, 3.8) is 0 Å². The first-order chi connectivity index (χ1) is 14.5. The number of aryl methyl sites for hydroxylation is 1. The van der Waals surface area contributed by atoms with Crippen molar-refractivity contribution in [3.05, 3.63) is 41.6 Å². The summed E-state index contributed by atoms with van der Waals surface area (Å²) >= 11 is 0. The monoisotopic (exact) mass is 406 g/mol. The number of nitrogens with zero attached hydrogens (tertiary/aromatic N) is 3. The van der Waals surface area contributed by atoms with E-state index in [4.69, 9.17) is 9.26 Å². The summed E-state index contributed by atoms with van der Waals surface area (Å²) in [4.78, 5) is 20.3. The first-order valence-electron chi connectivity index (χ1n) is 10.5. The van der Waals surface area contributed by atoms with Crippen LogP contribution in [0.2, 0.25) is 0 Å². The molecule has 156 valence electrons. The number of amides is 1. The maximum atomic E-state index is 13.4. The molecular weight excluding hydrogens is 380 g/mol. The fourth-order valence-corrected chi connectivity index (χ4v) is 5.01. The molecule has 0 radical (unpaired) electrons. The van der Waals surface area contributed by atoms with Crippen molar-refractivity contribution >= 4 is 17.0 Å². The highest BCUT2D eigenvalue weighted by molar-refractivity contribution is 6.09. The predicted octanol–water partition coefficient (Wildman–Crippen LogP) is 3.56. The average molecular weight is 406 g/mol. The summed E-state index contributed by atoms with van der Waals surface area (Å²) in [5.74, 6) is 0.628. The van der Waals surface area contributed by atoms with Gasteiger partial charge in [0.2, 0.25) is 0 Å². The van der Waals surface area contributed by atoms with Gasteiger partial charge < -0.3 is 19.5 Å². The van der Waals surface area contributed by atoms with Gasteiger partial charge in [0.25, 0.3) is 11.6 Å². The molecule has 2 fully saturated rings. The quantitative estimate of drug-likeness (QED) is 0.714. The second-order valence-electron chi connectivity index (χ2n) is 8.45. The largest absolute Gasteiger partial charge is 0.497 e. The van der Waals surface area contributed by atoms with Crippen molar-refractivity contribution in [2.24, 2.45) is 0 Å². The van der Waals surface area contributed by atoms with Gasteiger partial charge in [-0.2, -0.15) is 0 Å². The fraction of sp³-hybridized carbons (Fsp3) is 0.435. The molecule has 0 spiro atoms. The van der Waals surface area contributed by atoms with Crippen molar-refractivity contribution in [1.82, 2.24) is 20.4 Å². The summed E-state index contributed by atoms with van der Waals surface area (Å²) in [5.41, 5.74) is 3.09.